The first kappa shape index (κ1) is 34.5. The molecule has 1 aliphatic carbocycles. The molecule has 3 atom stereocenters. The van der Waals surface area contributed by atoms with Crippen LogP contribution in [-0.2, 0) is 16.0 Å². The number of amides is 2. The molecule has 47 heavy (non-hydrogen) atoms. The Morgan fingerprint density at radius 1 is 0.915 bits per heavy atom. The number of unbranched alkanes of at least 4 members (excludes halogenated alkanes) is 2. The van der Waals surface area contributed by atoms with Crippen molar-refractivity contribution in [1.29, 1.82) is 0 Å². The molecule has 2 aliphatic heterocycles. The highest BCUT2D eigenvalue weighted by Gasteiger charge is 2.33. The largest absolute Gasteiger partial charge is 0.493 e. The van der Waals surface area contributed by atoms with E-state index in [4.69, 9.17) is 14.2 Å². The number of nitrogens with one attached hydrogen (secondary N) is 3. The van der Waals surface area contributed by atoms with E-state index < -0.39 is 0 Å². The van der Waals surface area contributed by atoms with Gasteiger partial charge in [0.2, 0.25) is 23.0 Å². The second kappa shape index (κ2) is 16.4. The lowest BCUT2D eigenvalue weighted by Crippen LogP contribution is -2.50. The molecule has 256 valence electrons. The highest BCUT2D eigenvalue weighted by Crippen LogP contribution is 2.50. The van der Waals surface area contributed by atoms with Crippen LogP contribution >= 0.6 is 0 Å². The Balaban J connectivity index is 1.21. The van der Waals surface area contributed by atoms with Crippen LogP contribution in [-0.4, -0.2) is 70.3 Å². The van der Waals surface area contributed by atoms with Gasteiger partial charge in [-0.05, 0) is 105 Å². The Hall–Kier alpha value is -3.79. The number of fused-ring (bicyclic) bond motifs is 4. The van der Waals surface area contributed by atoms with Crippen LogP contribution in [0.25, 0.3) is 11.1 Å². The predicted molar refractivity (Wildman–Crippen MR) is 185 cm³/mol. The normalized spacial score (nSPS) is 20.5. The van der Waals surface area contributed by atoms with Crippen LogP contribution in [0.4, 0.5) is 5.69 Å². The molecular formula is C37H52N4O6. The number of nitrogens with zero attached hydrogens (tertiary/aromatic N) is 1. The first-order valence-corrected chi connectivity index (χ1v) is 17.4. The monoisotopic (exact) mass is 648 g/mol. The molecule has 0 radical (unpaired) electrons. The molecule has 0 spiro atoms. The highest BCUT2D eigenvalue weighted by atomic mass is 16.5. The summed E-state index contributed by atoms with van der Waals surface area (Å²) in [5.41, 5.74) is 3.69. The summed E-state index contributed by atoms with van der Waals surface area (Å²) in [7, 11) is 4.75. The van der Waals surface area contributed by atoms with E-state index in [0.717, 1.165) is 48.1 Å². The Labute approximate surface area is 278 Å². The van der Waals surface area contributed by atoms with E-state index in [0.29, 0.717) is 60.7 Å². The van der Waals surface area contributed by atoms with Crippen molar-refractivity contribution in [2.75, 3.05) is 52.8 Å². The van der Waals surface area contributed by atoms with Gasteiger partial charge in [-0.3, -0.25) is 14.4 Å². The number of carbonyl (C=O) groups is 2. The van der Waals surface area contributed by atoms with Gasteiger partial charge in [-0.25, -0.2) is 0 Å². The van der Waals surface area contributed by atoms with Gasteiger partial charge in [-0.15, -0.1) is 0 Å². The quantitative estimate of drug-likeness (QED) is 0.253. The lowest BCUT2D eigenvalue weighted by molar-refractivity contribution is -0.122. The van der Waals surface area contributed by atoms with Crippen molar-refractivity contribution >= 4 is 17.5 Å². The van der Waals surface area contributed by atoms with E-state index in [1.165, 1.54) is 52.1 Å². The maximum absolute atomic E-state index is 13.5. The molecule has 0 aromatic heterocycles. The third-order valence-corrected chi connectivity index (χ3v) is 10.1. The number of aryl methyl sites for hydroxylation is 1. The molecule has 5 rings (SSSR count). The molecule has 10 nitrogen and oxygen atoms in total. The fraction of sp³-hybridized carbons (Fsp3) is 0.595. The molecule has 3 aliphatic rings. The van der Waals surface area contributed by atoms with Crippen LogP contribution in [0.2, 0.25) is 0 Å². The minimum Gasteiger partial charge on any atom is -0.493 e. The van der Waals surface area contributed by atoms with Crippen molar-refractivity contribution in [2.24, 2.45) is 5.92 Å². The van der Waals surface area contributed by atoms with Crippen molar-refractivity contribution in [1.82, 2.24) is 15.5 Å². The third kappa shape index (κ3) is 8.20. The van der Waals surface area contributed by atoms with E-state index in [2.05, 4.69) is 20.9 Å². The van der Waals surface area contributed by atoms with Crippen LogP contribution in [0.15, 0.2) is 29.1 Å². The summed E-state index contributed by atoms with van der Waals surface area (Å²) in [6.07, 6.45) is 10.7. The van der Waals surface area contributed by atoms with Gasteiger partial charge in [0.25, 0.3) is 0 Å². The van der Waals surface area contributed by atoms with Gasteiger partial charge in [0.15, 0.2) is 11.5 Å². The third-order valence-electron chi connectivity index (χ3n) is 10.1. The zero-order valence-corrected chi connectivity index (χ0v) is 28.5. The maximum Gasteiger partial charge on any atom is 0.220 e. The van der Waals surface area contributed by atoms with Crippen LogP contribution in [0, 0.1) is 5.92 Å². The molecule has 2 fully saturated rings. The van der Waals surface area contributed by atoms with Crippen LogP contribution in [0.3, 0.4) is 0 Å². The molecule has 3 N–H and O–H groups in total. The fourth-order valence-corrected chi connectivity index (χ4v) is 7.81. The molecule has 2 amide bonds. The first-order valence-electron chi connectivity index (χ1n) is 17.4. The average molecular weight is 649 g/mol. The summed E-state index contributed by atoms with van der Waals surface area (Å²) in [5.74, 6) is 2.12. The number of methoxy groups -OCH3 is 3. The SMILES string of the molecule is COc1cc2c(c(OC)c1OC)-c1ccc(NCCCCCC(=O)NC[C@@H]3CCCN4CCCC[C@H]34)c(=O)cc1[C@@H](NC(C)=O)CC2. The minimum atomic E-state index is -0.351. The summed E-state index contributed by atoms with van der Waals surface area (Å²) in [6.45, 7) is 5.33. The number of hydrogen-bond acceptors (Lipinski definition) is 8. The molecule has 2 aromatic rings. The Bertz CT molecular complexity index is 1480. The second-order valence-electron chi connectivity index (χ2n) is 13.1. The molecule has 0 bridgehead atoms. The summed E-state index contributed by atoms with van der Waals surface area (Å²) < 4.78 is 17.2. The van der Waals surface area contributed by atoms with E-state index in [1.54, 1.807) is 27.4 Å². The number of benzene rings is 1. The zero-order valence-electron chi connectivity index (χ0n) is 28.5. The van der Waals surface area contributed by atoms with Gasteiger partial charge in [-0.1, -0.05) is 18.9 Å². The van der Waals surface area contributed by atoms with E-state index in [-0.39, 0.29) is 23.3 Å². The lowest BCUT2D eigenvalue weighted by atomic mass is 9.83. The van der Waals surface area contributed by atoms with E-state index in [9.17, 15) is 14.4 Å². The number of piperidine rings is 2. The second-order valence-corrected chi connectivity index (χ2v) is 13.1. The van der Waals surface area contributed by atoms with Crippen molar-refractivity contribution in [3.63, 3.8) is 0 Å². The van der Waals surface area contributed by atoms with Crippen molar-refractivity contribution < 1.29 is 23.8 Å². The lowest BCUT2D eigenvalue weighted by Gasteiger charge is -2.44. The average Bonchev–Trinajstić information content (AvgIpc) is 3.32. The summed E-state index contributed by atoms with van der Waals surface area (Å²) in [5, 5.41) is 9.58. The van der Waals surface area contributed by atoms with Gasteiger partial charge >= 0.3 is 0 Å². The van der Waals surface area contributed by atoms with Gasteiger partial charge < -0.3 is 35.1 Å². The van der Waals surface area contributed by atoms with Gasteiger partial charge in [0.1, 0.15) is 0 Å². The van der Waals surface area contributed by atoms with E-state index in [1.807, 2.05) is 18.2 Å². The number of rotatable bonds is 13. The Kier molecular flexibility index (Phi) is 12.0. The Morgan fingerprint density at radius 2 is 1.72 bits per heavy atom. The number of hydrogen-bond donors (Lipinski definition) is 3. The molecule has 0 saturated carbocycles. The molecule has 2 aromatic carbocycles. The summed E-state index contributed by atoms with van der Waals surface area (Å²) >= 11 is 0. The molecule has 0 unspecified atom stereocenters. The van der Waals surface area contributed by atoms with Gasteiger partial charge in [-0.2, -0.15) is 0 Å². The maximum atomic E-state index is 13.5. The molecule has 2 heterocycles. The van der Waals surface area contributed by atoms with Crippen molar-refractivity contribution in [3.8, 4) is 28.4 Å². The first-order chi connectivity index (χ1) is 22.8. The van der Waals surface area contributed by atoms with Gasteiger partial charge in [0.05, 0.1) is 33.1 Å². The highest BCUT2D eigenvalue weighted by molar-refractivity contribution is 5.83. The standard InChI is InChI=1S/C37H52N4O6/c1-24(42)40-29-16-14-25-21-33(45-2)36(46-3)37(47-4)35(25)27-15-17-30(32(43)22-28(27)29)38-18-8-5-6-13-34(44)39-23-26-11-10-20-41-19-9-7-12-31(26)41/h15,17,21-22,26,29,31H,5-14,16,18-20,23H2,1-4H3,(H,38,43)(H,39,44)(H,40,42)/t26-,29-,31+/m0/s1. The van der Waals surface area contributed by atoms with E-state index >= 15 is 0 Å². The Morgan fingerprint density at radius 3 is 2.49 bits per heavy atom. The van der Waals surface area contributed by atoms with Crippen LogP contribution in [0.1, 0.15) is 88.3 Å². The minimum absolute atomic E-state index is 0.142. The summed E-state index contributed by atoms with van der Waals surface area (Å²) in [4.78, 5) is 41.0. The zero-order chi connectivity index (χ0) is 33.3. The smallest absolute Gasteiger partial charge is 0.220 e. The predicted octanol–water partition coefficient (Wildman–Crippen LogP) is 5.22. The topological polar surface area (TPSA) is 118 Å². The molecule has 10 heteroatoms. The van der Waals surface area contributed by atoms with Crippen molar-refractivity contribution in [3.05, 3.63) is 45.6 Å². The number of ether oxygens (including phenoxy) is 3. The number of anilines is 1. The number of carbonyl (C=O) groups excluding carboxylic acids is 2. The van der Waals surface area contributed by atoms with Crippen LogP contribution < -0.4 is 35.6 Å². The molecular weight excluding hydrogens is 596 g/mol. The summed E-state index contributed by atoms with van der Waals surface area (Å²) in [6, 6.07) is 7.60. The van der Waals surface area contributed by atoms with Crippen LogP contribution in [0.5, 0.6) is 17.2 Å². The van der Waals surface area contributed by atoms with Gasteiger partial charge in [0, 0.05) is 38.0 Å². The molecule has 2 saturated heterocycles. The van der Waals surface area contributed by atoms with Crippen molar-refractivity contribution in [2.45, 2.75) is 89.6 Å². The fourth-order valence-electron chi connectivity index (χ4n) is 7.81.